The zero-order valence-corrected chi connectivity index (χ0v) is 11.4. The van der Waals surface area contributed by atoms with Gasteiger partial charge in [0.2, 0.25) is 0 Å². The quantitative estimate of drug-likeness (QED) is 0.878. The zero-order chi connectivity index (χ0) is 15.2. The van der Waals surface area contributed by atoms with E-state index in [4.69, 9.17) is 4.74 Å². The molecule has 0 fully saturated rings. The molecule has 2 rings (SSSR count). The fraction of sp³-hybridized carbons (Fsp3) is 0.125. The number of hydrogen-bond donors (Lipinski definition) is 1. The summed E-state index contributed by atoms with van der Waals surface area (Å²) in [5.74, 6) is -1.31. The SMILES string of the molecule is CCOC(=O)c1ccc(NC(=O)c2cccc(F)c2)cc1. The fourth-order valence-electron chi connectivity index (χ4n) is 1.74. The molecule has 0 unspecified atom stereocenters. The Hall–Kier alpha value is -2.69. The molecule has 0 aliphatic heterocycles. The third-order valence-corrected chi connectivity index (χ3v) is 2.74. The molecule has 2 aromatic carbocycles. The number of halogens is 1. The summed E-state index contributed by atoms with van der Waals surface area (Å²) >= 11 is 0. The van der Waals surface area contributed by atoms with Crippen LogP contribution < -0.4 is 5.32 Å². The van der Waals surface area contributed by atoms with Crippen LogP contribution in [0.25, 0.3) is 0 Å². The Balaban J connectivity index is 2.06. The van der Waals surface area contributed by atoms with Crippen LogP contribution >= 0.6 is 0 Å². The number of rotatable bonds is 4. The van der Waals surface area contributed by atoms with E-state index in [0.717, 1.165) is 6.07 Å². The Morgan fingerprint density at radius 1 is 1.10 bits per heavy atom. The van der Waals surface area contributed by atoms with Crippen LogP contribution in [0.2, 0.25) is 0 Å². The highest BCUT2D eigenvalue weighted by atomic mass is 19.1. The van der Waals surface area contributed by atoms with Crippen molar-refractivity contribution in [2.45, 2.75) is 6.92 Å². The molecule has 0 saturated heterocycles. The molecule has 4 nitrogen and oxygen atoms in total. The van der Waals surface area contributed by atoms with Crippen LogP contribution in [0, 0.1) is 5.82 Å². The predicted octanol–water partition coefficient (Wildman–Crippen LogP) is 3.25. The Morgan fingerprint density at radius 2 is 1.81 bits per heavy atom. The van der Waals surface area contributed by atoms with Gasteiger partial charge >= 0.3 is 5.97 Å². The van der Waals surface area contributed by atoms with Crippen molar-refractivity contribution in [1.29, 1.82) is 0 Å². The van der Waals surface area contributed by atoms with E-state index in [1.54, 1.807) is 31.2 Å². The third-order valence-electron chi connectivity index (χ3n) is 2.74. The van der Waals surface area contributed by atoms with E-state index in [0.29, 0.717) is 17.9 Å². The van der Waals surface area contributed by atoms with Crippen LogP contribution in [0.15, 0.2) is 48.5 Å². The molecule has 108 valence electrons. The predicted molar refractivity (Wildman–Crippen MR) is 76.8 cm³/mol. The topological polar surface area (TPSA) is 55.4 Å². The van der Waals surface area contributed by atoms with E-state index in [-0.39, 0.29) is 5.56 Å². The van der Waals surface area contributed by atoms with Gasteiger partial charge in [-0.2, -0.15) is 0 Å². The van der Waals surface area contributed by atoms with E-state index in [2.05, 4.69) is 5.32 Å². The van der Waals surface area contributed by atoms with Crippen LogP contribution in [-0.4, -0.2) is 18.5 Å². The highest BCUT2D eigenvalue weighted by molar-refractivity contribution is 6.04. The second-order valence-corrected chi connectivity index (χ2v) is 4.26. The van der Waals surface area contributed by atoms with E-state index in [9.17, 15) is 14.0 Å². The molecule has 0 bridgehead atoms. The number of nitrogens with one attached hydrogen (secondary N) is 1. The second kappa shape index (κ2) is 6.65. The summed E-state index contributed by atoms with van der Waals surface area (Å²) in [7, 11) is 0. The monoisotopic (exact) mass is 287 g/mol. The van der Waals surface area contributed by atoms with Gasteiger partial charge in [0.25, 0.3) is 5.91 Å². The van der Waals surface area contributed by atoms with Gasteiger partial charge in [-0.3, -0.25) is 4.79 Å². The summed E-state index contributed by atoms with van der Waals surface area (Å²) in [6.07, 6.45) is 0. The number of hydrogen-bond acceptors (Lipinski definition) is 3. The molecule has 0 aliphatic carbocycles. The third kappa shape index (κ3) is 3.89. The lowest BCUT2D eigenvalue weighted by Gasteiger charge is -2.06. The van der Waals surface area contributed by atoms with Gasteiger partial charge in [-0.05, 0) is 49.4 Å². The van der Waals surface area contributed by atoms with Crippen LogP contribution in [-0.2, 0) is 4.74 Å². The average Bonchev–Trinajstić information content (AvgIpc) is 2.48. The molecule has 0 radical (unpaired) electrons. The minimum atomic E-state index is -0.472. The minimum absolute atomic E-state index is 0.226. The number of carbonyl (C=O) groups is 2. The molecular weight excluding hydrogens is 273 g/mol. The molecule has 2 aromatic rings. The van der Waals surface area contributed by atoms with Gasteiger partial charge in [-0.25, -0.2) is 9.18 Å². The summed E-state index contributed by atoms with van der Waals surface area (Å²) < 4.78 is 17.9. The second-order valence-electron chi connectivity index (χ2n) is 4.26. The molecule has 1 N–H and O–H groups in total. The molecule has 0 heterocycles. The van der Waals surface area contributed by atoms with Crippen molar-refractivity contribution in [2.24, 2.45) is 0 Å². The van der Waals surface area contributed by atoms with Gasteiger partial charge in [0.15, 0.2) is 0 Å². The van der Waals surface area contributed by atoms with E-state index in [1.165, 1.54) is 18.2 Å². The lowest BCUT2D eigenvalue weighted by molar-refractivity contribution is 0.0526. The molecule has 0 spiro atoms. The Kier molecular flexibility index (Phi) is 4.66. The molecule has 0 atom stereocenters. The van der Waals surface area contributed by atoms with Crippen LogP contribution in [0.3, 0.4) is 0 Å². The molecule has 1 amide bonds. The maximum atomic E-state index is 13.0. The lowest BCUT2D eigenvalue weighted by atomic mass is 10.2. The maximum absolute atomic E-state index is 13.0. The van der Waals surface area contributed by atoms with Crippen LogP contribution in [0.4, 0.5) is 10.1 Å². The number of esters is 1. The molecule has 21 heavy (non-hydrogen) atoms. The first-order valence-electron chi connectivity index (χ1n) is 6.44. The van der Waals surface area contributed by atoms with Crippen LogP contribution in [0.5, 0.6) is 0 Å². The number of ether oxygens (including phenoxy) is 1. The average molecular weight is 287 g/mol. The summed E-state index contributed by atoms with van der Waals surface area (Å²) in [5.41, 5.74) is 1.14. The van der Waals surface area contributed by atoms with Gasteiger partial charge in [-0.15, -0.1) is 0 Å². The van der Waals surface area contributed by atoms with Gasteiger partial charge in [-0.1, -0.05) is 6.07 Å². The fourth-order valence-corrected chi connectivity index (χ4v) is 1.74. The minimum Gasteiger partial charge on any atom is -0.462 e. The van der Waals surface area contributed by atoms with Crippen molar-refractivity contribution in [1.82, 2.24) is 0 Å². The number of carbonyl (C=O) groups excluding carboxylic acids is 2. The summed E-state index contributed by atoms with van der Waals surface area (Å²) in [6, 6.07) is 11.7. The van der Waals surface area contributed by atoms with E-state index in [1.807, 2.05) is 0 Å². The number of amides is 1. The van der Waals surface area contributed by atoms with E-state index < -0.39 is 17.7 Å². The van der Waals surface area contributed by atoms with Crippen molar-refractivity contribution in [2.75, 3.05) is 11.9 Å². The van der Waals surface area contributed by atoms with Gasteiger partial charge < -0.3 is 10.1 Å². The van der Waals surface area contributed by atoms with Crippen molar-refractivity contribution in [3.8, 4) is 0 Å². The Labute approximate surface area is 121 Å². The molecule has 0 saturated carbocycles. The standard InChI is InChI=1S/C16H14FNO3/c1-2-21-16(20)11-6-8-14(9-7-11)18-15(19)12-4-3-5-13(17)10-12/h3-10H,2H2,1H3,(H,18,19). The molecular formula is C16H14FNO3. The summed E-state index contributed by atoms with van der Waals surface area (Å²) in [5, 5.41) is 2.63. The lowest BCUT2D eigenvalue weighted by Crippen LogP contribution is -2.12. The first-order valence-corrected chi connectivity index (χ1v) is 6.44. The van der Waals surface area contributed by atoms with E-state index >= 15 is 0 Å². The van der Waals surface area contributed by atoms with Crippen molar-refractivity contribution >= 4 is 17.6 Å². The van der Waals surface area contributed by atoms with Gasteiger partial charge in [0, 0.05) is 11.3 Å². The smallest absolute Gasteiger partial charge is 0.338 e. The zero-order valence-electron chi connectivity index (χ0n) is 11.4. The van der Waals surface area contributed by atoms with Crippen molar-refractivity contribution in [3.05, 3.63) is 65.5 Å². The Morgan fingerprint density at radius 3 is 2.43 bits per heavy atom. The number of benzene rings is 2. The first kappa shape index (κ1) is 14.7. The molecule has 0 aromatic heterocycles. The molecule has 5 heteroatoms. The largest absolute Gasteiger partial charge is 0.462 e. The Bertz CT molecular complexity index is 653. The van der Waals surface area contributed by atoms with Crippen LogP contribution in [0.1, 0.15) is 27.6 Å². The highest BCUT2D eigenvalue weighted by Crippen LogP contribution is 2.13. The molecule has 0 aliphatic rings. The summed E-state index contributed by atoms with van der Waals surface area (Å²) in [6.45, 7) is 2.03. The summed E-state index contributed by atoms with van der Waals surface area (Å²) in [4.78, 5) is 23.4. The van der Waals surface area contributed by atoms with Gasteiger partial charge in [0.1, 0.15) is 5.82 Å². The van der Waals surface area contributed by atoms with Crippen molar-refractivity contribution in [3.63, 3.8) is 0 Å². The maximum Gasteiger partial charge on any atom is 0.338 e. The number of anilines is 1. The van der Waals surface area contributed by atoms with Gasteiger partial charge in [0.05, 0.1) is 12.2 Å². The normalized spacial score (nSPS) is 10.0. The van der Waals surface area contributed by atoms with Crippen molar-refractivity contribution < 1.29 is 18.7 Å². The first-order chi connectivity index (χ1) is 10.1. The highest BCUT2D eigenvalue weighted by Gasteiger charge is 2.09.